The molecule has 0 saturated heterocycles. The van der Waals surface area contributed by atoms with Crippen LogP contribution in [-0.2, 0) is 0 Å². The standard InChI is InChI=1S/C11H16N2O2/c1-12-8-13(2)9-3-4-10-11(7-9)15-6-5-14-10/h3-4,7,12H,5-6,8H2,1-2H3. The fourth-order valence-corrected chi connectivity index (χ4v) is 1.60. The molecule has 0 atom stereocenters. The first-order valence-electron chi connectivity index (χ1n) is 5.06. The zero-order valence-electron chi connectivity index (χ0n) is 9.12. The lowest BCUT2D eigenvalue weighted by molar-refractivity contribution is 0.171. The number of ether oxygens (including phenoxy) is 2. The molecule has 0 unspecified atom stereocenters. The summed E-state index contributed by atoms with van der Waals surface area (Å²) in [4.78, 5) is 2.11. The second-order valence-corrected chi connectivity index (χ2v) is 3.54. The van der Waals surface area contributed by atoms with Crippen LogP contribution in [0.25, 0.3) is 0 Å². The first-order valence-corrected chi connectivity index (χ1v) is 5.06. The summed E-state index contributed by atoms with van der Waals surface area (Å²) >= 11 is 0. The first kappa shape index (κ1) is 10.1. The molecule has 82 valence electrons. The van der Waals surface area contributed by atoms with Crippen LogP contribution in [-0.4, -0.2) is 34.0 Å². The Balaban J connectivity index is 2.20. The lowest BCUT2D eigenvalue weighted by atomic mass is 10.2. The first-order chi connectivity index (χ1) is 7.31. The van der Waals surface area contributed by atoms with Gasteiger partial charge in [0, 0.05) is 18.8 Å². The average Bonchev–Trinajstić information content (AvgIpc) is 2.29. The quantitative estimate of drug-likeness (QED) is 0.753. The Morgan fingerprint density at radius 3 is 2.73 bits per heavy atom. The Morgan fingerprint density at radius 1 is 1.27 bits per heavy atom. The van der Waals surface area contributed by atoms with Crippen molar-refractivity contribution in [1.82, 2.24) is 5.32 Å². The number of nitrogens with one attached hydrogen (secondary N) is 1. The topological polar surface area (TPSA) is 33.7 Å². The molecule has 1 aromatic carbocycles. The highest BCUT2D eigenvalue weighted by atomic mass is 16.6. The van der Waals surface area contributed by atoms with E-state index in [0.717, 1.165) is 23.9 Å². The zero-order chi connectivity index (χ0) is 10.7. The summed E-state index contributed by atoms with van der Waals surface area (Å²) in [5.74, 6) is 1.67. The molecule has 4 nitrogen and oxygen atoms in total. The maximum Gasteiger partial charge on any atom is 0.163 e. The van der Waals surface area contributed by atoms with Gasteiger partial charge in [0.2, 0.25) is 0 Å². The van der Waals surface area contributed by atoms with E-state index in [0.29, 0.717) is 13.2 Å². The fraction of sp³-hybridized carbons (Fsp3) is 0.455. The highest BCUT2D eigenvalue weighted by Gasteiger charge is 2.12. The van der Waals surface area contributed by atoms with Gasteiger partial charge >= 0.3 is 0 Å². The summed E-state index contributed by atoms with van der Waals surface area (Å²) < 4.78 is 11.0. The van der Waals surface area contributed by atoms with Gasteiger partial charge in [-0.1, -0.05) is 0 Å². The molecule has 15 heavy (non-hydrogen) atoms. The number of benzene rings is 1. The van der Waals surface area contributed by atoms with Crippen molar-refractivity contribution in [3.63, 3.8) is 0 Å². The summed E-state index contributed by atoms with van der Waals surface area (Å²) in [6.07, 6.45) is 0. The summed E-state index contributed by atoms with van der Waals surface area (Å²) in [5, 5.41) is 3.10. The molecule has 1 aromatic rings. The van der Waals surface area contributed by atoms with Crippen molar-refractivity contribution in [2.75, 3.05) is 38.9 Å². The Labute approximate surface area is 89.8 Å². The van der Waals surface area contributed by atoms with Gasteiger partial charge in [0.1, 0.15) is 13.2 Å². The van der Waals surface area contributed by atoms with Crippen molar-refractivity contribution in [1.29, 1.82) is 0 Å². The number of fused-ring (bicyclic) bond motifs is 1. The van der Waals surface area contributed by atoms with E-state index in [1.165, 1.54) is 0 Å². The highest BCUT2D eigenvalue weighted by Crippen LogP contribution is 2.33. The van der Waals surface area contributed by atoms with Crippen LogP contribution in [0, 0.1) is 0 Å². The largest absolute Gasteiger partial charge is 0.486 e. The minimum Gasteiger partial charge on any atom is -0.486 e. The molecule has 0 aromatic heterocycles. The summed E-state index contributed by atoms with van der Waals surface area (Å²) in [5.41, 5.74) is 1.12. The molecule has 1 aliphatic heterocycles. The van der Waals surface area contributed by atoms with Crippen molar-refractivity contribution < 1.29 is 9.47 Å². The van der Waals surface area contributed by atoms with Gasteiger partial charge in [0.15, 0.2) is 11.5 Å². The van der Waals surface area contributed by atoms with E-state index < -0.39 is 0 Å². The maximum atomic E-state index is 5.52. The van der Waals surface area contributed by atoms with E-state index in [-0.39, 0.29) is 0 Å². The lowest BCUT2D eigenvalue weighted by Crippen LogP contribution is -2.28. The predicted molar refractivity (Wildman–Crippen MR) is 59.8 cm³/mol. The van der Waals surface area contributed by atoms with Gasteiger partial charge in [-0.05, 0) is 19.2 Å². The predicted octanol–water partition coefficient (Wildman–Crippen LogP) is 1.07. The molecular formula is C11H16N2O2. The summed E-state index contributed by atoms with van der Waals surface area (Å²) in [7, 11) is 3.95. The molecule has 4 heteroatoms. The van der Waals surface area contributed by atoms with E-state index in [4.69, 9.17) is 9.47 Å². The molecule has 0 radical (unpaired) electrons. The Kier molecular flexibility index (Phi) is 2.97. The van der Waals surface area contributed by atoms with Crippen molar-refractivity contribution in [2.45, 2.75) is 0 Å². The smallest absolute Gasteiger partial charge is 0.163 e. The molecule has 1 heterocycles. The van der Waals surface area contributed by atoms with Crippen molar-refractivity contribution >= 4 is 5.69 Å². The van der Waals surface area contributed by atoms with Crippen LogP contribution in [0.2, 0.25) is 0 Å². The third kappa shape index (κ3) is 2.15. The van der Waals surface area contributed by atoms with Gasteiger partial charge in [-0.25, -0.2) is 0 Å². The molecule has 2 rings (SSSR count). The van der Waals surface area contributed by atoms with Gasteiger partial charge in [0.05, 0.1) is 6.67 Å². The van der Waals surface area contributed by atoms with Crippen LogP contribution in [0.4, 0.5) is 5.69 Å². The minimum absolute atomic E-state index is 0.631. The van der Waals surface area contributed by atoms with Crippen LogP contribution in [0.15, 0.2) is 18.2 Å². The van der Waals surface area contributed by atoms with Gasteiger partial charge < -0.3 is 19.7 Å². The monoisotopic (exact) mass is 208 g/mol. The fourth-order valence-electron chi connectivity index (χ4n) is 1.60. The second kappa shape index (κ2) is 4.40. The lowest BCUT2D eigenvalue weighted by Gasteiger charge is -2.23. The number of hydrogen-bond acceptors (Lipinski definition) is 4. The number of rotatable bonds is 3. The van der Waals surface area contributed by atoms with Crippen LogP contribution in [0.1, 0.15) is 0 Å². The van der Waals surface area contributed by atoms with Crippen molar-refractivity contribution in [3.8, 4) is 11.5 Å². The molecule has 0 aliphatic carbocycles. The number of nitrogens with zero attached hydrogens (tertiary/aromatic N) is 1. The number of anilines is 1. The Bertz CT molecular complexity index is 341. The van der Waals surface area contributed by atoms with Crippen LogP contribution < -0.4 is 19.7 Å². The van der Waals surface area contributed by atoms with E-state index in [2.05, 4.69) is 10.2 Å². The highest BCUT2D eigenvalue weighted by molar-refractivity contribution is 5.56. The molecule has 0 saturated carbocycles. The minimum atomic E-state index is 0.631. The molecule has 0 fully saturated rings. The van der Waals surface area contributed by atoms with Crippen molar-refractivity contribution in [3.05, 3.63) is 18.2 Å². The third-order valence-corrected chi connectivity index (χ3v) is 2.36. The molecule has 0 amide bonds. The average molecular weight is 208 g/mol. The molecule has 1 aliphatic rings. The van der Waals surface area contributed by atoms with Gasteiger partial charge in [0.25, 0.3) is 0 Å². The van der Waals surface area contributed by atoms with Gasteiger partial charge in [-0.15, -0.1) is 0 Å². The third-order valence-electron chi connectivity index (χ3n) is 2.36. The van der Waals surface area contributed by atoms with E-state index in [1.807, 2.05) is 32.3 Å². The normalized spacial score (nSPS) is 13.7. The van der Waals surface area contributed by atoms with Gasteiger partial charge in [-0.2, -0.15) is 0 Å². The van der Waals surface area contributed by atoms with E-state index >= 15 is 0 Å². The maximum absolute atomic E-state index is 5.52. The van der Waals surface area contributed by atoms with E-state index in [1.54, 1.807) is 0 Å². The molecular weight excluding hydrogens is 192 g/mol. The van der Waals surface area contributed by atoms with Gasteiger partial charge in [-0.3, -0.25) is 0 Å². The van der Waals surface area contributed by atoms with Crippen LogP contribution >= 0.6 is 0 Å². The zero-order valence-corrected chi connectivity index (χ0v) is 9.12. The summed E-state index contributed by atoms with van der Waals surface area (Å²) in [6.45, 7) is 2.07. The van der Waals surface area contributed by atoms with Crippen molar-refractivity contribution in [2.24, 2.45) is 0 Å². The molecule has 0 bridgehead atoms. The molecule has 1 N–H and O–H groups in total. The van der Waals surface area contributed by atoms with Crippen LogP contribution in [0.3, 0.4) is 0 Å². The van der Waals surface area contributed by atoms with Crippen LogP contribution in [0.5, 0.6) is 11.5 Å². The second-order valence-electron chi connectivity index (χ2n) is 3.54. The SMILES string of the molecule is CNCN(C)c1ccc2c(c1)OCCO2. The Hall–Kier alpha value is -1.42. The molecule has 0 spiro atoms. The Morgan fingerprint density at radius 2 is 2.00 bits per heavy atom. The summed E-state index contributed by atoms with van der Waals surface area (Å²) in [6, 6.07) is 5.99. The number of hydrogen-bond donors (Lipinski definition) is 1. The van der Waals surface area contributed by atoms with E-state index in [9.17, 15) is 0 Å².